The summed E-state index contributed by atoms with van der Waals surface area (Å²) in [7, 11) is 0. The van der Waals surface area contributed by atoms with E-state index in [0.717, 1.165) is 41.0 Å². The monoisotopic (exact) mass is 319 g/mol. The van der Waals surface area contributed by atoms with Crippen LogP contribution in [0.2, 0.25) is 0 Å². The van der Waals surface area contributed by atoms with Crippen molar-refractivity contribution in [2.75, 3.05) is 0 Å². The second-order valence-electron chi connectivity index (χ2n) is 4.83. The van der Waals surface area contributed by atoms with Gasteiger partial charge in [0.2, 0.25) is 0 Å². The van der Waals surface area contributed by atoms with Gasteiger partial charge in [-0.05, 0) is 30.1 Å². The molecule has 0 unspecified atom stereocenters. The molecule has 0 aliphatic heterocycles. The number of aromatic nitrogens is 2. The number of thiophene rings is 1. The molecule has 6 nitrogen and oxygen atoms in total. The van der Waals surface area contributed by atoms with E-state index in [0.29, 0.717) is 12.2 Å². The molecule has 2 aromatic heterocycles. The van der Waals surface area contributed by atoms with Gasteiger partial charge in [0.25, 0.3) is 5.56 Å². The van der Waals surface area contributed by atoms with Crippen LogP contribution in [0.15, 0.2) is 22.3 Å². The van der Waals surface area contributed by atoms with Gasteiger partial charge in [-0.25, -0.2) is 4.98 Å². The molecule has 22 heavy (non-hydrogen) atoms. The van der Waals surface area contributed by atoms with Crippen molar-refractivity contribution in [2.45, 2.75) is 33.1 Å². The van der Waals surface area contributed by atoms with Gasteiger partial charge in [0.05, 0.1) is 4.92 Å². The van der Waals surface area contributed by atoms with Crippen LogP contribution in [0.1, 0.15) is 43.8 Å². The molecular formula is C15H17N3O3S. The Labute approximate surface area is 131 Å². The molecule has 0 spiro atoms. The Morgan fingerprint density at radius 3 is 2.82 bits per heavy atom. The lowest BCUT2D eigenvalue weighted by atomic mass is 10.1. The Morgan fingerprint density at radius 2 is 2.23 bits per heavy atom. The summed E-state index contributed by atoms with van der Waals surface area (Å²) in [4.78, 5) is 29.3. The van der Waals surface area contributed by atoms with Crippen molar-refractivity contribution in [3.8, 4) is 0 Å². The minimum Gasteiger partial charge on any atom is -0.307 e. The smallest absolute Gasteiger partial charge is 0.307 e. The topological polar surface area (TPSA) is 88.9 Å². The van der Waals surface area contributed by atoms with Gasteiger partial charge < -0.3 is 4.98 Å². The van der Waals surface area contributed by atoms with E-state index >= 15 is 0 Å². The van der Waals surface area contributed by atoms with Crippen LogP contribution in [0.25, 0.3) is 11.6 Å². The van der Waals surface area contributed by atoms with Gasteiger partial charge >= 0.3 is 5.00 Å². The number of nitro groups is 1. The molecule has 0 atom stereocenters. The van der Waals surface area contributed by atoms with E-state index in [1.54, 1.807) is 5.38 Å². The molecule has 0 saturated carbocycles. The van der Waals surface area contributed by atoms with Crippen molar-refractivity contribution in [1.82, 2.24) is 9.97 Å². The number of aryl methyl sites for hydroxylation is 1. The Bertz CT molecular complexity index is 761. The number of hydrogen-bond acceptors (Lipinski definition) is 5. The van der Waals surface area contributed by atoms with Crippen molar-refractivity contribution >= 4 is 28.0 Å². The molecule has 0 fully saturated rings. The normalized spacial score (nSPS) is 11.6. The highest BCUT2D eigenvalue weighted by atomic mass is 32.1. The number of allylic oxidation sites excluding steroid dienone is 1. The van der Waals surface area contributed by atoms with Gasteiger partial charge in [0, 0.05) is 23.2 Å². The number of hydrogen-bond donors (Lipinski definition) is 1. The fraction of sp³-hybridized carbons (Fsp3) is 0.333. The lowest BCUT2D eigenvalue weighted by Gasteiger charge is -2.06. The largest absolute Gasteiger partial charge is 0.324 e. The third-order valence-corrected chi connectivity index (χ3v) is 4.01. The molecule has 2 rings (SSSR count). The van der Waals surface area contributed by atoms with Gasteiger partial charge in [0.15, 0.2) is 0 Å². The summed E-state index contributed by atoms with van der Waals surface area (Å²) in [5.41, 5.74) is 2.18. The Balaban J connectivity index is 2.40. The fourth-order valence-electron chi connectivity index (χ4n) is 2.09. The molecule has 0 radical (unpaired) electrons. The number of aromatic amines is 1. The SMILES string of the molecule is CCCc1cc(=O)[nH]c(/C(=C/c2csc([N+](=O)[O-])c2)CC)n1. The lowest BCUT2D eigenvalue weighted by Crippen LogP contribution is -2.12. The summed E-state index contributed by atoms with van der Waals surface area (Å²) in [5, 5.41) is 12.6. The molecule has 7 heteroatoms. The molecule has 2 heterocycles. The molecule has 0 bridgehead atoms. The molecule has 0 aromatic carbocycles. The minimum atomic E-state index is -0.407. The van der Waals surface area contributed by atoms with Crippen LogP contribution >= 0.6 is 11.3 Å². The van der Waals surface area contributed by atoms with E-state index in [1.165, 1.54) is 12.1 Å². The maximum Gasteiger partial charge on any atom is 0.324 e. The number of nitrogens with one attached hydrogen (secondary N) is 1. The van der Waals surface area contributed by atoms with Crippen LogP contribution < -0.4 is 5.56 Å². The standard InChI is InChI=1S/C15H17N3O3S/c1-3-5-12-8-13(19)17-15(16-12)11(4-2)6-10-7-14(18(20)21)22-9-10/h6-9H,3-5H2,1-2H3,(H,16,17,19)/b11-6+. The highest BCUT2D eigenvalue weighted by Gasteiger charge is 2.10. The van der Waals surface area contributed by atoms with Gasteiger partial charge in [-0.15, -0.1) is 0 Å². The summed E-state index contributed by atoms with van der Waals surface area (Å²) in [6, 6.07) is 3.03. The van der Waals surface area contributed by atoms with Crippen LogP contribution in [-0.2, 0) is 6.42 Å². The highest BCUT2D eigenvalue weighted by Crippen LogP contribution is 2.26. The zero-order valence-corrected chi connectivity index (χ0v) is 13.3. The summed E-state index contributed by atoms with van der Waals surface area (Å²) < 4.78 is 0. The quantitative estimate of drug-likeness (QED) is 0.650. The maximum atomic E-state index is 11.7. The van der Waals surface area contributed by atoms with Gasteiger partial charge in [-0.2, -0.15) is 0 Å². The number of nitrogens with zero attached hydrogens (tertiary/aromatic N) is 2. The third-order valence-electron chi connectivity index (χ3n) is 3.11. The van der Waals surface area contributed by atoms with Crippen molar-refractivity contribution < 1.29 is 4.92 Å². The molecule has 0 amide bonds. The molecule has 1 N–H and O–H groups in total. The van der Waals surface area contributed by atoms with E-state index in [9.17, 15) is 14.9 Å². The first-order valence-electron chi connectivity index (χ1n) is 7.07. The van der Waals surface area contributed by atoms with Crippen molar-refractivity contribution in [2.24, 2.45) is 0 Å². The first-order chi connectivity index (χ1) is 10.5. The van der Waals surface area contributed by atoms with Crippen LogP contribution in [-0.4, -0.2) is 14.9 Å². The van der Waals surface area contributed by atoms with Gasteiger partial charge in [0.1, 0.15) is 5.82 Å². The van der Waals surface area contributed by atoms with E-state index in [2.05, 4.69) is 9.97 Å². The van der Waals surface area contributed by atoms with Crippen LogP contribution in [0.5, 0.6) is 0 Å². The third kappa shape index (κ3) is 3.88. The predicted octanol–water partition coefficient (Wildman–Crippen LogP) is 3.64. The molecule has 116 valence electrons. The predicted molar refractivity (Wildman–Crippen MR) is 88.0 cm³/mol. The van der Waals surface area contributed by atoms with Crippen LogP contribution in [0.3, 0.4) is 0 Å². The summed E-state index contributed by atoms with van der Waals surface area (Å²) in [6.45, 7) is 3.99. The first-order valence-corrected chi connectivity index (χ1v) is 7.95. The Kier molecular flexibility index (Phi) is 5.21. The van der Waals surface area contributed by atoms with Crippen molar-refractivity contribution in [3.05, 3.63) is 55.1 Å². The van der Waals surface area contributed by atoms with Crippen molar-refractivity contribution in [3.63, 3.8) is 0 Å². The first kappa shape index (κ1) is 16.1. The molecular weight excluding hydrogens is 302 g/mol. The van der Waals surface area contributed by atoms with E-state index in [1.807, 2.05) is 19.9 Å². The van der Waals surface area contributed by atoms with Gasteiger partial charge in [-0.1, -0.05) is 31.6 Å². The molecule has 2 aromatic rings. The highest BCUT2D eigenvalue weighted by molar-refractivity contribution is 7.13. The molecule has 0 saturated heterocycles. The molecule has 0 aliphatic rings. The minimum absolute atomic E-state index is 0.0999. The second-order valence-corrected chi connectivity index (χ2v) is 5.72. The Morgan fingerprint density at radius 1 is 1.45 bits per heavy atom. The zero-order chi connectivity index (χ0) is 16.1. The molecule has 0 aliphatic carbocycles. The zero-order valence-electron chi connectivity index (χ0n) is 12.5. The number of rotatable bonds is 6. The summed E-state index contributed by atoms with van der Waals surface area (Å²) in [6.07, 6.45) is 4.16. The van der Waals surface area contributed by atoms with Crippen LogP contribution in [0.4, 0.5) is 5.00 Å². The van der Waals surface area contributed by atoms with E-state index in [-0.39, 0.29) is 10.6 Å². The average Bonchev–Trinajstić information content (AvgIpc) is 2.93. The second kappa shape index (κ2) is 7.13. The van der Waals surface area contributed by atoms with E-state index < -0.39 is 4.92 Å². The summed E-state index contributed by atoms with van der Waals surface area (Å²) in [5.74, 6) is 0.535. The van der Waals surface area contributed by atoms with Crippen molar-refractivity contribution in [1.29, 1.82) is 0 Å². The summed E-state index contributed by atoms with van der Waals surface area (Å²) >= 11 is 1.08. The van der Waals surface area contributed by atoms with Crippen LogP contribution in [0, 0.1) is 10.1 Å². The lowest BCUT2D eigenvalue weighted by molar-refractivity contribution is -0.380. The fourth-order valence-corrected chi connectivity index (χ4v) is 2.78. The van der Waals surface area contributed by atoms with E-state index in [4.69, 9.17) is 0 Å². The maximum absolute atomic E-state index is 11.7. The number of H-pyrrole nitrogens is 1. The Hall–Kier alpha value is -2.28. The van der Waals surface area contributed by atoms with Gasteiger partial charge in [-0.3, -0.25) is 14.9 Å². The average molecular weight is 319 g/mol.